The van der Waals surface area contributed by atoms with Crippen LogP contribution in [0.5, 0.6) is 0 Å². The number of carboxylic acid groups (broad SMARTS) is 1. The van der Waals surface area contributed by atoms with Crippen molar-refractivity contribution in [2.45, 2.75) is 44.7 Å². The molecule has 6 heteroatoms. The molecule has 1 saturated carbocycles. The number of nitrogens with one attached hydrogen (secondary N) is 1. The van der Waals surface area contributed by atoms with E-state index in [2.05, 4.69) is 5.32 Å². The number of rotatable bonds is 9. The van der Waals surface area contributed by atoms with Gasteiger partial charge in [0.05, 0.1) is 6.54 Å². The van der Waals surface area contributed by atoms with Gasteiger partial charge in [-0.05, 0) is 56.5 Å². The van der Waals surface area contributed by atoms with Gasteiger partial charge < -0.3 is 10.4 Å². The van der Waals surface area contributed by atoms with Gasteiger partial charge in [0, 0.05) is 22.1 Å². The lowest BCUT2D eigenvalue weighted by Crippen LogP contribution is -2.53. The van der Waals surface area contributed by atoms with Gasteiger partial charge in [-0.25, -0.2) is 0 Å². The summed E-state index contributed by atoms with van der Waals surface area (Å²) in [5.74, 6) is -0.750. The summed E-state index contributed by atoms with van der Waals surface area (Å²) in [6.45, 7) is 3.86. The van der Waals surface area contributed by atoms with E-state index in [4.69, 9.17) is 28.3 Å². The van der Waals surface area contributed by atoms with Crippen LogP contribution in [0.3, 0.4) is 0 Å². The topological polar surface area (TPSA) is 52.6 Å². The van der Waals surface area contributed by atoms with Gasteiger partial charge in [0.15, 0.2) is 0 Å². The summed E-state index contributed by atoms with van der Waals surface area (Å²) in [6, 6.07) is 6.48. The van der Waals surface area contributed by atoms with E-state index >= 15 is 0 Å². The number of hydrogen-bond donors (Lipinski definition) is 2. The van der Waals surface area contributed by atoms with Crippen molar-refractivity contribution in [1.29, 1.82) is 0 Å². The molecule has 128 valence electrons. The average molecular weight is 359 g/mol. The molecular formula is C17H24Cl2N2O2. The van der Waals surface area contributed by atoms with E-state index in [1.165, 1.54) is 0 Å². The largest absolute Gasteiger partial charge is 0.480 e. The molecule has 0 atom stereocenters. The van der Waals surface area contributed by atoms with Crippen LogP contribution in [0.2, 0.25) is 10.0 Å². The number of aliphatic carboxylic acids is 1. The first kappa shape index (κ1) is 18.5. The van der Waals surface area contributed by atoms with Gasteiger partial charge in [-0.2, -0.15) is 0 Å². The Bertz CT molecular complexity index is 513. The van der Waals surface area contributed by atoms with Crippen LogP contribution in [0, 0.1) is 0 Å². The Morgan fingerprint density at radius 1 is 1.35 bits per heavy atom. The van der Waals surface area contributed by atoms with Crippen LogP contribution in [0.15, 0.2) is 18.2 Å². The molecule has 1 aliphatic rings. The fourth-order valence-electron chi connectivity index (χ4n) is 3.07. The Labute approximate surface area is 147 Å². The Morgan fingerprint density at radius 2 is 2.00 bits per heavy atom. The molecular weight excluding hydrogens is 335 g/mol. The van der Waals surface area contributed by atoms with Crippen molar-refractivity contribution in [3.63, 3.8) is 0 Å². The van der Waals surface area contributed by atoms with E-state index in [-0.39, 0.29) is 6.54 Å². The van der Waals surface area contributed by atoms with E-state index in [1.54, 1.807) is 0 Å². The van der Waals surface area contributed by atoms with Crippen LogP contribution in [-0.4, -0.2) is 47.7 Å². The van der Waals surface area contributed by atoms with Crippen LogP contribution >= 0.6 is 23.2 Å². The highest BCUT2D eigenvalue weighted by molar-refractivity contribution is 6.35. The van der Waals surface area contributed by atoms with Gasteiger partial charge in [0.2, 0.25) is 0 Å². The highest BCUT2D eigenvalue weighted by atomic mass is 35.5. The minimum Gasteiger partial charge on any atom is -0.480 e. The van der Waals surface area contributed by atoms with Crippen LogP contribution in [-0.2, 0) is 11.2 Å². The zero-order valence-electron chi connectivity index (χ0n) is 13.4. The Kier molecular flexibility index (Phi) is 7.15. The lowest BCUT2D eigenvalue weighted by molar-refractivity contribution is -0.139. The number of benzene rings is 1. The second kappa shape index (κ2) is 8.88. The number of carbonyl (C=O) groups is 1. The molecule has 0 heterocycles. The van der Waals surface area contributed by atoms with Gasteiger partial charge >= 0.3 is 5.97 Å². The third-order valence-corrected chi connectivity index (χ3v) is 5.18. The van der Waals surface area contributed by atoms with Crippen molar-refractivity contribution in [3.8, 4) is 0 Å². The first-order valence-electron chi connectivity index (χ1n) is 8.13. The van der Waals surface area contributed by atoms with E-state index in [1.807, 2.05) is 30.0 Å². The third-order valence-electron chi connectivity index (χ3n) is 4.47. The van der Waals surface area contributed by atoms with Gasteiger partial charge in [-0.15, -0.1) is 0 Å². The maximum absolute atomic E-state index is 10.8. The van der Waals surface area contributed by atoms with Gasteiger partial charge in [0.25, 0.3) is 0 Å². The standard InChI is InChI=1S/C17H24Cl2N2O2/c1-2-21(11-17(22)23)13-9-12(10-13)20-8-4-5-14-15(18)6-3-7-16(14)19/h3,6-7,12-13,20H,2,4-5,8-11H2,1H3,(H,22,23). The molecule has 0 radical (unpaired) electrons. The first-order valence-corrected chi connectivity index (χ1v) is 8.89. The fourth-order valence-corrected chi connectivity index (χ4v) is 3.65. The quantitative estimate of drug-likeness (QED) is 0.663. The molecule has 0 bridgehead atoms. The zero-order chi connectivity index (χ0) is 16.8. The molecule has 0 saturated heterocycles. The van der Waals surface area contributed by atoms with Crippen molar-refractivity contribution in [2.75, 3.05) is 19.6 Å². The zero-order valence-corrected chi connectivity index (χ0v) is 14.9. The molecule has 1 aromatic rings. The Morgan fingerprint density at radius 3 is 2.57 bits per heavy atom. The minimum atomic E-state index is -0.750. The van der Waals surface area contributed by atoms with E-state index < -0.39 is 5.97 Å². The molecule has 1 aliphatic carbocycles. The van der Waals surface area contributed by atoms with Gasteiger partial charge in [-0.3, -0.25) is 9.69 Å². The molecule has 0 unspecified atom stereocenters. The number of halogens is 2. The second-order valence-electron chi connectivity index (χ2n) is 6.04. The molecule has 1 fully saturated rings. The summed E-state index contributed by atoms with van der Waals surface area (Å²) in [7, 11) is 0. The fraction of sp³-hybridized carbons (Fsp3) is 0.588. The van der Waals surface area contributed by atoms with Crippen molar-refractivity contribution in [1.82, 2.24) is 10.2 Å². The normalized spacial score (nSPS) is 20.5. The van der Waals surface area contributed by atoms with Gasteiger partial charge in [-0.1, -0.05) is 36.2 Å². The highest BCUT2D eigenvalue weighted by Crippen LogP contribution is 2.27. The number of nitrogens with zero attached hydrogens (tertiary/aromatic N) is 1. The summed E-state index contributed by atoms with van der Waals surface area (Å²) < 4.78 is 0. The molecule has 1 aromatic carbocycles. The van der Waals surface area contributed by atoms with Crippen LogP contribution < -0.4 is 5.32 Å². The maximum Gasteiger partial charge on any atom is 0.317 e. The summed E-state index contributed by atoms with van der Waals surface area (Å²) in [5.41, 5.74) is 1.02. The Hall–Kier alpha value is -0.810. The van der Waals surface area contributed by atoms with Gasteiger partial charge in [0.1, 0.15) is 0 Å². The molecule has 4 nitrogen and oxygen atoms in total. The smallest absolute Gasteiger partial charge is 0.317 e. The van der Waals surface area contributed by atoms with Crippen LogP contribution in [0.1, 0.15) is 31.7 Å². The number of likely N-dealkylation sites (N-methyl/N-ethyl adjacent to an activating group) is 1. The first-order chi connectivity index (χ1) is 11.0. The van der Waals surface area contributed by atoms with Crippen molar-refractivity contribution in [3.05, 3.63) is 33.8 Å². The lowest BCUT2D eigenvalue weighted by atomic mass is 9.85. The summed E-state index contributed by atoms with van der Waals surface area (Å²) in [4.78, 5) is 12.8. The Balaban J connectivity index is 1.64. The predicted molar refractivity (Wildman–Crippen MR) is 94.5 cm³/mol. The lowest BCUT2D eigenvalue weighted by Gasteiger charge is -2.42. The molecule has 23 heavy (non-hydrogen) atoms. The number of carboxylic acids is 1. The molecule has 2 rings (SSSR count). The molecule has 0 aliphatic heterocycles. The maximum atomic E-state index is 10.8. The number of hydrogen-bond acceptors (Lipinski definition) is 3. The minimum absolute atomic E-state index is 0.138. The van der Waals surface area contributed by atoms with E-state index in [9.17, 15) is 4.79 Å². The predicted octanol–water partition coefficient (Wildman–Crippen LogP) is 3.45. The second-order valence-corrected chi connectivity index (χ2v) is 6.85. The average Bonchev–Trinajstić information content (AvgIpc) is 2.45. The summed E-state index contributed by atoms with van der Waals surface area (Å²) in [5, 5.41) is 13.9. The van der Waals surface area contributed by atoms with Crippen molar-refractivity contribution >= 4 is 29.2 Å². The summed E-state index contributed by atoms with van der Waals surface area (Å²) in [6.07, 6.45) is 3.89. The monoisotopic (exact) mass is 358 g/mol. The third kappa shape index (κ3) is 5.35. The molecule has 2 N–H and O–H groups in total. The van der Waals surface area contributed by atoms with Crippen LogP contribution in [0.25, 0.3) is 0 Å². The van der Waals surface area contributed by atoms with Crippen molar-refractivity contribution in [2.24, 2.45) is 0 Å². The SMILES string of the molecule is CCN(CC(=O)O)C1CC(NCCCc2c(Cl)cccc2Cl)C1. The van der Waals surface area contributed by atoms with E-state index in [0.29, 0.717) is 12.1 Å². The van der Waals surface area contributed by atoms with Crippen molar-refractivity contribution < 1.29 is 9.90 Å². The molecule has 0 spiro atoms. The summed E-state index contributed by atoms with van der Waals surface area (Å²) >= 11 is 12.3. The highest BCUT2D eigenvalue weighted by Gasteiger charge is 2.33. The molecule has 0 amide bonds. The van der Waals surface area contributed by atoms with E-state index in [0.717, 1.165) is 54.4 Å². The molecule has 0 aromatic heterocycles. The van der Waals surface area contributed by atoms with Crippen LogP contribution in [0.4, 0.5) is 0 Å².